The number of carbonyl (C=O) groups excluding carboxylic acids is 1. The molecule has 4 rings (SSSR count). The third-order valence-electron chi connectivity index (χ3n) is 5.67. The van der Waals surface area contributed by atoms with E-state index >= 15 is 0 Å². The lowest BCUT2D eigenvalue weighted by molar-refractivity contribution is -0.137. The number of nitrogens with zero attached hydrogens (tertiary/aromatic N) is 2. The van der Waals surface area contributed by atoms with Gasteiger partial charge in [-0.15, -0.1) is 11.3 Å². The van der Waals surface area contributed by atoms with Gasteiger partial charge in [0, 0.05) is 30.0 Å². The van der Waals surface area contributed by atoms with Gasteiger partial charge in [-0.1, -0.05) is 72.3 Å². The van der Waals surface area contributed by atoms with Crippen molar-refractivity contribution in [2.75, 3.05) is 6.54 Å². The standard InChI is InChI=1S/C28H25ClF3N3OS/c29-24-11-9-21(10-12-24)16-35(17-22-7-4-8-23(15-22)28(30,31)32)18-26-34-25(19-37-26)27(36)33-14-13-20-5-2-1-3-6-20/h1-12,15,19H,13-14,16-18H2,(H,33,36). The summed E-state index contributed by atoms with van der Waals surface area (Å²) in [6, 6.07) is 22.5. The van der Waals surface area contributed by atoms with Crippen LogP contribution in [-0.2, 0) is 32.2 Å². The van der Waals surface area contributed by atoms with Crippen molar-refractivity contribution in [3.05, 3.63) is 122 Å². The number of carbonyl (C=O) groups is 1. The number of rotatable bonds is 10. The SMILES string of the molecule is O=C(NCCc1ccccc1)c1csc(CN(Cc2ccc(Cl)cc2)Cc2cccc(C(F)(F)F)c2)n1. The van der Waals surface area contributed by atoms with Gasteiger partial charge in [0.15, 0.2) is 0 Å². The lowest BCUT2D eigenvalue weighted by Crippen LogP contribution is -2.26. The summed E-state index contributed by atoms with van der Waals surface area (Å²) in [5, 5.41) is 5.91. The van der Waals surface area contributed by atoms with Gasteiger partial charge < -0.3 is 5.32 Å². The average Bonchev–Trinajstić information content (AvgIpc) is 3.34. The Morgan fingerprint density at radius 3 is 2.32 bits per heavy atom. The van der Waals surface area contributed by atoms with Crippen LogP contribution in [0.5, 0.6) is 0 Å². The molecule has 0 fully saturated rings. The number of benzene rings is 3. The normalized spacial score (nSPS) is 11.6. The predicted molar refractivity (Wildman–Crippen MR) is 140 cm³/mol. The number of hydrogen-bond donors (Lipinski definition) is 1. The van der Waals surface area contributed by atoms with Crippen LogP contribution < -0.4 is 5.32 Å². The summed E-state index contributed by atoms with van der Waals surface area (Å²) in [7, 11) is 0. The Labute approximate surface area is 222 Å². The van der Waals surface area contributed by atoms with Crippen molar-refractivity contribution in [3.8, 4) is 0 Å². The smallest absolute Gasteiger partial charge is 0.350 e. The van der Waals surface area contributed by atoms with Crippen LogP contribution >= 0.6 is 22.9 Å². The Bertz CT molecular complexity index is 1310. The number of amides is 1. The van der Waals surface area contributed by atoms with Gasteiger partial charge in [-0.25, -0.2) is 4.98 Å². The van der Waals surface area contributed by atoms with Crippen molar-refractivity contribution in [1.29, 1.82) is 0 Å². The minimum atomic E-state index is -4.41. The summed E-state index contributed by atoms with van der Waals surface area (Å²) in [4.78, 5) is 19.1. The summed E-state index contributed by atoms with van der Waals surface area (Å²) in [6.07, 6.45) is -3.69. The zero-order valence-electron chi connectivity index (χ0n) is 19.8. The van der Waals surface area contributed by atoms with Crippen LogP contribution in [0.3, 0.4) is 0 Å². The maximum absolute atomic E-state index is 13.2. The fourth-order valence-electron chi connectivity index (χ4n) is 3.85. The summed E-state index contributed by atoms with van der Waals surface area (Å²) >= 11 is 7.36. The monoisotopic (exact) mass is 543 g/mol. The Kier molecular flexibility index (Phi) is 8.97. The van der Waals surface area contributed by atoms with Crippen LogP contribution in [0.1, 0.15) is 37.7 Å². The predicted octanol–water partition coefficient (Wildman–Crippen LogP) is 6.99. The van der Waals surface area contributed by atoms with E-state index in [0.29, 0.717) is 40.9 Å². The third kappa shape index (κ3) is 8.15. The molecule has 0 saturated carbocycles. The lowest BCUT2D eigenvalue weighted by Gasteiger charge is -2.22. The highest BCUT2D eigenvalue weighted by molar-refractivity contribution is 7.09. The topological polar surface area (TPSA) is 45.2 Å². The first-order valence-corrected chi connectivity index (χ1v) is 12.9. The van der Waals surface area contributed by atoms with Crippen molar-refractivity contribution in [1.82, 2.24) is 15.2 Å². The number of alkyl halides is 3. The molecule has 1 N–H and O–H groups in total. The molecule has 3 aromatic carbocycles. The van der Waals surface area contributed by atoms with Crippen LogP contribution in [0, 0.1) is 0 Å². The molecule has 1 aromatic heterocycles. The van der Waals surface area contributed by atoms with Gasteiger partial charge in [0.1, 0.15) is 10.7 Å². The maximum Gasteiger partial charge on any atom is 0.416 e. The van der Waals surface area contributed by atoms with E-state index in [2.05, 4.69) is 10.3 Å². The van der Waals surface area contributed by atoms with Crippen molar-refractivity contribution >= 4 is 28.8 Å². The van der Waals surface area contributed by atoms with E-state index in [1.807, 2.05) is 47.4 Å². The minimum absolute atomic E-state index is 0.249. The molecule has 0 atom stereocenters. The van der Waals surface area contributed by atoms with E-state index in [4.69, 9.17) is 11.6 Å². The molecule has 0 spiro atoms. The van der Waals surface area contributed by atoms with Crippen molar-refractivity contribution in [2.45, 2.75) is 32.2 Å². The van der Waals surface area contributed by atoms with Crippen LogP contribution in [-0.4, -0.2) is 22.3 Å². The van der Waals surface area contributed by atoms with Gasteiger partial charge in [-0.3, -0.25) is 9.69 Å². The highest BCUT2D eigenvalue weighted by Gasteiger charge is 2.30. The molecule has 0 radical (unpaired) electrons. The average molecular weight is 544 g/mol. The Morgan fingerprint density at radius 2 is 1.59 bits per heavy atom. The van der Waals surface area contributed by atoms with Crippen LogP contribution in [0.25, 0.3) is 0 Å². The zero-order chi connectivity index (χ0) is 26.3. The van der Waals surface area contributed by atoms with Crippen LogP contribution in [0.4, 0.5) is 13.2 Å². The summed E-state index contributed by atoms with van der Waals surface area (Å²) in [5.74, 6) is -0.249. The molecule has 192 valence electrons. The molecule has 0 aliphatic heterocycles. The van der Waals surface area contributed by atoms with Gasteiger partial charge in [-0.2, -0.15) is 13.2 Å². The van der Waals surface area contributed by atoms with Crippen LogP contribution in [0.15, 0.2) is 84.2 Å². The fourth-order valence-corrected chi connectivity index (χ4v) is 4.80. The minimum Gasteiger partial charge on any atom is -0.350 e. The number of halogens is 4. The number of nitrogens with one attached hydrogen (secondary N) is 1. The van der Waals surface area contributed by atoms with Crippen molar-refractivity contribution < 1.29 is 18.0 Å². The number of thiazole rings is 1. The highest BCUT2D eigenvalue weighted by atomic mass is 35.5. The van der Waals surface area contributed by atoms with Gasteiger partial charge in [0.25, 0.3) is 5.91 Å². The van der Waals surface area contributed by atoms with E-state index in [1.165, 1.54) is 23.5 Å². The summed E-state index contributed by atoms with van der Waals surface area (Å²) in [5.41, 5.74) is 2.29. The second-order valence-electron chi connectivity index (χ2n) is 8.59. The molecular formula is C28H25ClF3N3OS. The van der Waals surface area contributed by atoms with Gasteiger partial charge in [0.2, 0.25) is 0 Å². The second kappa shape index (κ2) is 12.4. The molecule has 0 saturated heterocycles. The first kappa shape index (κ1) is 26.9. The molecule has 4 nitrogen and oxygen atoms in total. The zero-order valence-corrected chi connectivity index (χ0v) is 21.4. The molecule has 0 aliphatic rings. The van der Waals surface area contributed by atoms with Crippen molar-refractivity contribution in [3.63, 3.8) is 0 Å². The molecule has 37 heavy (non-hydrogen) atoms. The number of hydrogen-bond acceptors (Lipinski definition) is 4. The first-order valence-electron chi connectivity index (χ1n) is 11.7. The Hall–Kier alpha value is -3.20. The van der Waals surface area contributed by atoms with Crippen LogP contribution in [0.2, 0.25) is 5.02 Å². The first-order chi connectivity index (χ1) is 17.8. The molecule has 0 bridgehead atoms. The highest BCUT2D eigenvalue weighted by Crippen LogP contribution is 2.30. The molecule has 0 aliphatic carbocycles. The largest absolute Gasteiger partial charge is 0.416 e. The van der Waals surface area contributed by atoms with Gasteiger partial charge in [-0.05, 0) is 41.3 Å². The fraction of sp³-hybridized carbons (Fsp3) is 0.214. The molecule has 4 aromatic rings. The summed E-state index contributed by atoms with van der Waals surface area (Å²) < 4.78 is 39.7. The molecule has 0 unspecified atom stereocenters. The van der Waals surface area contributed by atoms with Gasteiger partial charge in [0.05, 0.1) is 12.1 Å². The van der Waals surface area contributed by atoms with E-state index < -0.39 is 11.7 Å². The Morgan fingerprint density at radius 1 is 0.892 bits per heavy atom. The van der Waals surface area contributed by atoms with E-state index in [9.17, 15) is 18.0 Å². The van der Waals surface area contributed by atoms with E-state index in [0.717, 1.165) is 23.6 Å². The lowest BCUT2D eigenvalue weighted by atomic mass is 10.1. The maximum atomic E-state index is 13.2. The quantitative estimate of drug-likeness (QED) is 0.234. The number of aromatic nitrogens is 1. The van der Waals surface area contributed by atoms with E-state index in [-0.39, 0.29) is 12.5 Å². The molecule has 9 heteroatoms. The molecular weight excluding hydrogens is 519 g/mol. The molecule has 1 amide bonds. The van der Waals surface area contributed by atoms with Gasteiger partial charge >= 0.3 is 6.18 Å². The Balaban J connectivity index is 1.44. The third-order valence-corrected chi connectivity index (χ3v) is 6.75. The molecule has 1 heterocycles. The van der Waals surface area contributed by atoms with Crippen molar-refractivity contribution in [2.24, 2.45) is 0 Å². The second-order valence-corrected chi connectivity index (χ2v) is 9.97. The summed E-state index contributed by atoms with van der Waals surface area (Å²) in [6.45, 7) is 1.63. The van der Waals surface area contributed by atoms with E-state index in [1.54, 1.807) is 23.6 Å².